The highest BCUT2D eigenvalue weighted by Crippen LogP contribution is 2.28. The molecule has 0 aliphatic carbocycles. The van der Waals surface area contributed by atoms with Gasteiger partial charge in [0.2, 0.25) is 0 Å². The number of nitrogens with zero attached hydrogens (tertiary/aromatic N) is 2. The van der Waals surface area contributed by atoms with Crippen LogP contribution in [-0.4, -0.2) is 23.1 Å². The lowest BCUT2D eigenvalue weighted by Crippen LogP contribution is -2.17. The molecule has 4 nitrogen and oxygen atoms in total. The van der Waals surface area contributed by atoms with Crippen LogP contribution in [0.15, 0.2) is 30.3 Å². The van der Waals surface area contributed by atoms with Crippen molar-refractivity contribution in [2.24, 2.45) is 0 Å². The van der Waals surface area contributed by atoms with Crippen LogP contribution in [0, 0.1) is 20.8 Å². The maximum Gasteiger partial charge on any atom is 0.339 e. The summed E-state index contributed by atoms with van der Waals surface area (Å²) >= 11 is 0. The minimum atomic E-state index is -0.954. The van der Waals surface area contributed by atoms with E-state index >= 15 is 0 Å². The molecule has 2 rings (SSSR count). The van der Waals surface area contributed by atoms with E-state index in [9.17, 15) is 9.90 Å². The van der Waals surface area contributed by atoms with Crippen LogP contribution in [0.5, 0.6) is 0 Å². The molecule has 1 aromatic heterocycles. The number of aromatic nitrogens is 1. The average molecular weight is 270 g/mol. The Morgan fingerprint density at radius 2 is 1.90 bits per heavy atom. The molecule has 0 unspecified atom stereocenters. The fourth-order valence-electron chi connectivity index (χ4n) is 2.28. The fraction of sp³-hybridized carbons (Fsp3) is 0.250. The van der Waals surface area contributed by atoms with E-state index in [0.717, 1.165) is 22.5 Å². The van der Waals surface area contributed by atoms with E-state index in [1.54, 1.807) is 13.0 Å². The summed E-state index contributed by atoms with van der Waals surface area (Å²) in [5, 5.41) is 9.42. The lowest BCUT2D eigenvalue weighted by Gasteiger charge is -2.22. The van der Waals surface area contributed by atoms with Gasteiger partial charge in [0.25, 0.3) is 0 Å². The summed E-state index contributed by atoms with van der Waals surface area (Å²) in [6.07, 6.45) is 0. The van der Waals surface area contributed by atoms with Crippen molar-refractivity contribution in [1.82, 2.24) is 4.98 Å². The molecular weight excluding hydrogens is 252 g/mol. The molecule has 0 fully saturated rings. The second-order valence-corrected chi connectivity index (χ2v) is 4.98. The number of anilines is 2. The first kappa shape index (κ1) is 14.1. The third-order valence-electron chi connectivity index (χ3n) is 3.25. The maximum absolute atomic E-state index is 11.5. The molecule has 1 N–H and O–H groups in total. The third kappa shape index (κ3) is 2.64. The molecule has 0 saturated heterocycles. The highest BCUT2D eigenvalue weighted by Gasteiger charge is 2.19. The number of pyridine rings is 1. The molecule has 0 radical (unpaired) electrons. The average Bonchev–Trinajstić information content (AvgIpc) is 2.36. The lowest BCUT2D eigenvalue weighted by molar-refractivity contribution is 0.0696. The molecule has 104 valence electrons. The topological polar surface area (TPSA) is 53.4 Å². The zero-order chi connectivity index (χ0) is 14.9. The Balaban J connectivity index is 2.59. The molecule has 1 aromatic carbocycles. The van der Waals surface area contributed by atoms with Gasteiger partial charge < -0.3 is 10.0 Å². The van der Waals surface area contributed by atoms with Crippen molar-refractivity contribution < 1.29 is 9.90 Å². The van der Waals surface area contributed by atoms with Crippen LogP contribution in [0.2, 0.25) is 0 Å². The monoisotopic (exact) mass is 270 g/mol. The van der Waals surface area contributed by atoms with Crippen molar-refractivity contribution in [3.63, 3.8) is 0 Å². The Hall–Kier alpha value is -2.36. The van der Waals surface area contributed by atoms with Crippen LogP contribution in [-0.2, 0) is 0 Å². The zero-order valence-electron chi connectivity index (χ0n) is 12.1. The standard InChI is InChI=1S/C16H18N2O2/c1-10-6-5-7-13(8-10)18(4)15-14(16(19)20)11(2)9-12(3)17-15/h5-9H,1-4H3,(H,19,20). The predicted octanol–water partition coefficient (Wildman–Crippen LogP) is 3.47. The van der Waals surface area contributed by atoms with Gasteiger partial charge in [0.05, 0.1) is 0 Å². The first-order valence-electron chi connectivity index (χ1n) is 6.42. The highest BCUT2D eigenvalue weighted by atomic mass is 16.4. The molecule has 0 spiro atoms. The number of aryl methyl sites for hydroxylation is 3. The molecule has 1 heterocycles. The van der Waals surface area contributed by atoms with Gasteiger partial charge in [-0.25, -0.2) is 9.78 Å². The molecular formula is C16H18N2O2. The Morgan fingerprint density at radius 1 is 1.20 bits per heavy atom. The summed E-state index contributed by atoms with van der Waals surface area (Å²) in [4.78, 5) is 17.7. The molecule has 4 heteroatoms. The Kier molecular flexibility index (Phi) is 3.74. The Bertz CT molecular complexity index is 666. The minimum Gasteiger partial charge on any atom is -0.478 e. The van der Waals surface area contributed by atoms with Crippen molar-refractivity contribution in [2.75, 3.05) is 11.9 Å². The Morgan fingerprint density at radius 3 is 2.50 bits per heavy atom. The molecule has 0 bridgehead atoms. The van der Waals surface area contributed by atoms with Crippen molar-refractivity contribution in [3.8, 4) is 0 Å². The van der Waals surface area contributed by atoms with Crippen LogP contribution in [0.1, 0.15) is 27.2 Å². The van der Waals surface area contributed by atoms with E-state index in [-0.39, 0.29) is 5.56 Å². The molecule has 0 amide bonds. The van der Waals surface area contributed by atoms with Gasteiger partial charge >= 0.3 is 5.97 Å². The quantitative estimate of drug-likeness (QED) is 0.927. The van der Waals surface area contributed by atoms with Crippen LogP contribution in [0.3, 0.4) is 0 Å². The van der Waals surface area contributed by atoms with E-state index in [1.165, 1.54) is 0 Å². The van der Waals surface area contributed by atoms with Gasteiger partial charge in [-0.15, -0.1) is 0 Å². The summed E-state index contributed by atoms with van der Waals surface area (Å²) in [6, 6.07) is 9.69. The molecule has 0 aliphatic rings. The van der Waals surface area contributed by atoms with E-state index in [0.29, 0.717) is 5.82 Å². The molecule has 0 saturated carbocycles. The summed E-state index contributed by atoms with van der Waals surface area (Å²) in [5.41, 5.74) is 3.82. The SMILES string of the molecule is Cc1cccc(N(C)c2nc(C)cc(C)c2C(=O)O)c1. The van der Waals surface area contributed by atoms with Gasteiger partial charge in [0.15, 0.2) is 0 Å². The number of benzene rings is 1. The normalized spacial score (nSPS) is 10.4. The van der Waals surface area contributed by atoms with Gasteiger partial charge in [0.1, 0.15) is 11.4 Å². The van der Waals surface area contributed by atoms with Gasteiger partial charge in [-0.05, 0) is 50.1 Å². The summed E-state index contributed by atoms with van der Waals surface area (Å²) in [5.74, 6) is -0.481. The third-order valence-corrected chi connectivity index (χ3v) is 3.25. The van der Waals surface area contributed by atoms with Crippen LogP contribution in [0.4, 0.5) is 11.5 Å². The molecule has 0 aliphatic heterocycles. The first-order valence-corrected chi connectivity index (χ1v) is 6.42. The number of carboxylic acid groups (broad SMARTS) is 1. The number of carboxylic acids is 1. The number of hydrogen-bond acceptors (Lipinski definition) is 3. The first-order chi connectivity index (χ1) is 9.40. The fourth-order valence-corrected chi connectivity index (χ4v) is 2.28. The Labute approximate surface area is 118 Å². The number of hydrogen-bond donors (Lipinski definition) is 1. The second-order valence-electron chi connectivity index (χ2n) is 4.98. The highest BCUT2D eigenvalue weighted by molar-refractivity contribution is 5.96. The van der Waals surface area contributed by atoms with Crippen LogP contribution in [0.25, 0.3) is 0 Å². The number of aromatic carboxylic acids is 1. The van der Waals surface area contributed by atoms with Crippen molar-refractivity contribution in [1.29, 1.82) is 0 Å². The molecule has 2 aromatic rings. The van der Waals surface area contributed by atoms with Gasteiger partial charge in [-0.3, -0.25) is 0 Å². The largest absolute Gasteiger partial charge is 0.478 e. The smallest absolute Gasteiger partial charge is 0.339 e. The number of carbonyl (C=O) groups is 1. The van der Waals surface area contributed by atoms with E-state index in [4.69, 9.17) is 0 Å². The molecule has 0 atom stereocenters. The van der Waals surface area contributed by atoms with E-state index in [1.807, 2.05) is 50.1 Å². The van der Waals surface area contributed by atoms with Gasteiger partial charge in [0, 0.05) is 18.4 Å². The number of rotatable bonds is 3. The van der Waals surface area contributed by atoms with Crippen LogP contribution < -0.4 is 4.90 Å². The van der Waals surface area contributed by atoms with E-state index < -0.39 is 5.97 Å². The van der Waals surface area contributed by atoms with E-state index in [2.05, 4.69) is 4.98 Å². The van der Waals surface area contributed by atoms with Crippen molar-refractivity contribution >= 4 is 17.5 Å². The minimum absolute atomic E-state index is 0.250. The summed E-state index contributed by atoms with van der Waals surface area (Å²) in [6.45, 7) is 5.67. The summed E-state index contributed by atoms with van der Waals surface area (Å²) in [7, 11) is 1.84. The maximum atomic E-state index is 11.5. The lowest BCUT2D eigenvalue weighted by atomic mass is 10.1. The zero-order valence-corrected chi connectivity index (χ0v) is 12.1. The predicted molar refractivity (Wildman–Crippen MR) is 79.9 cm³/mol. The van der Waals surface area contributed by atoms with Crippen molar-refractivity contribution in [2.45, 2.75) is 20.8 Å². The van der Waals surface area contributed by atoms with Gasteiger partial charge in [-0.1, -0.05) is 12.1 Å². The van der Waals surface area contributed by atoms with Crippen molar-refractivity contribution in [3.05, 3.63) is 52.7 Å². The second kappa shape index (κ2) is 5.33. The summed E-state index contributed by atoms with van der Waals surface area (Å²) < 4.78 is 0. The molecule has 20 heavy (non-hydrogen) atoms. The van der Waals surface area contributed by atoms with Gasteiger partial charge in [-0.2, -0.15) is 0 Å². The van der Waals surface area contributed by atoms with Crippen LogP contribution >= 0.6 is 0 Å².